The maximum Gasteiger partial charge on any atom is 0.279 e. The number of nitrogens with zero attached hydrogens (tertiary/aromatic N) is 1. The first-order valence-electron chi connectivity index (χ1n) is 10.8. The lowest BCUT2D eigenvalue weighted by Gasteiger charge is -2.32. The molecule has 2 aromatic carbocycles. The van der Waals surface area contributed by atoms with Crippen molar-refractivity contribution in [1.29, 1.82) is 0 Å². The van der Waals surface area contributed by atoms with Gasteiger partial charge in [0.2, 0.25) is 0 Å². The second kappa shape index (κ2) is 9.92. The van der Waals surface area contributed by atoms with E-state index in [-0.39, 0.29) is 11.9 Å². The molecule has 1 fully saturated rings. The number of benzene rings is 2. The molecule has 0 unspecified atom stereocenters. The summed E-state index contributed by atoms with van der Waals surface area (Å²) in [5, 5.41) is 7.24. The Bertz CT molecular complexity index is 917. The van der Waals surface area contributed by atoms with Crippen LogP contribution in [0.3, 0.4) is 0 Å². The van der Waals surface area contributed by atoms with Crippen LogP contribution >= 0.6 is 11.3 Å². The van der Waals surface area contributed by atoms with Crippen LogP contribution in [0.5, 0.6) is 0 Å². The lowest BCUT2D eigenvalue weighted by molar-refractivity contribution is -0.675. The summed E-state index contributed by atoms with van der Waals surface area (Å²) in [6.45, 7) is 4.94. The van der Waals surface area contributed by atoms with E-state index in [1.54, 1.807) is 11.3 Å². The van der Waals surface area contributed by atoms with Gasteiger partial charge in [0.25, 0.3) is 5.91 Å². The normalized spacial score (nSPS) is 15.7. The standard InChI is InChI=1S/C25H29N3OS/c1-19-13-15-28(16-14-19)22-11-9-21(10-12-22)27-24(29)18-26-25(23-8-5-17-30-23)20-6-3-2-4-7-20/h2-12,17,19,25-26H,13-16,18H2,1H3,(H,27,29)/p+1/t25-/m0/s1. The maximum atomic E-state index is 12.6. The molecule has 30 heavy (non-hydrogen) atoms. The second-order valence-corrected chi connectivity index (χ2v) is 9.09. The predicted molar refractivity (Wildman–Crippen MR) is 125 cm³/mol. The van der Waals surface area contributed by atoms with Crippen molar-refractivity contribution in [2.75, 3.05) is 29.9 Å². The van der Waals surface area contributed by atoms with Crippen LogP contribution in [-0.4, -0.2) is 25.5 Å². The summed E-state index contributed by atoms with van der Waals surface area (Å²) in [4.78, 5) is 16.3. The van der Waals surface area contributed by atoms with E-state index >= 15 is 0 Å². The van der Waals surface area contributed by atoms with Gasteiger partial charge in [-0.15, -0.1) is 11.3 Å². The van der Waals surface area contributed by atoms with Crippen molar-refractivity contribution in [3.05, 3.63) is 82.6 Å². The number of carbonyl (C=O) groups is 1. The molecule has 3 N–H and O–H groups in total. The molecular formula is C25H30N3OS+. The van der Waals surface area contributed by atoms with Gasteiger partial charge in [0.15, 0.2) is 6.54 Å². The molecule has 2 heterocycles. The minimum atomic E-state index is 0.0204. The van der Waals surface area contributed by atoms with Gasteiger partial charge in [-0.1, -0.05) is 43.3 Å². The fourth-order valence-corrected chi connectivity index (χ4v) is 4.85. The van der Waals surface area contributed by atoms with E-state index in [0.717, 1.165) is 24.7 Å². The average Bonchev–Trinajstić information content (AvgIpc) is 3.30. The molecule has 0 saturated carbocycles. The highest BCUT2D eigenvalue weighted by molar-refractivity contribution is 7.10. The third kappa shape index (κ3) is 5.29. The minimum absolute atomic E-state index is 0.0204. The average molecular weight is 421 g/mol. The number of thiophene rings is 1. The molecule has 0 aliphatic carbocycles. The number of nitrogens with two attached hydrogens (primary N) is 1. The first kappa shape index (κ1) is 20.6. The van der Waals surface area contributed by atoms with Gasteiger partial charge in [0, 0.05) is 30.0 Å². The van der Waals surface area contributed by atoms with Crippen molar-refractivity contribution in [2.24, 2.45) is 5.92 Å². The summed E-state index contributed by atoms with van der Waals surface area (Å²) in [5.41, 5.74) is 3.32. The topological polar surface area (TPSA) is 49.0 Å². The van der Waals surface area contributed by atoms with E-state index < -0.39 is 0 Å². The SMILES string of the molecule is CC1CCN(c2ccc(NC(=O)C[NH2+][C@@H](c3ccccc3)c3cccs3)cc2)CC1. The second-order valence-electron chi connectivity index (χ2n) is 8.11. The Kier molecular flexibility index (Phi) is 6.82. The third-order valence-corrected chi connectivity index (χ3v) is 6.80. The summed E-state index contributed by atoms with van der Waals surface area (Å²) in [5.74, 6) is 0.844. The molecule has 1 atom stereocenters. The molecule has 156 valence electrons. The quantitative estimate of drug-likeness (QED) is 0.599. The Morgan fingerprint density at radius 2 is 1.80 bits per heavy atom. The Balaban J connectivity index is 1.33. The van der Waals surface area contributed by atoms with Crippen molar-refractivity contribution in [3.8, 4) is 0 Å². The Morgan fingerprint density at radius 1 is 1.07 bits per heavy atom. The molecule has 1 aromatic heterocycles. The highest BCUT2D eigenvalue weighted by Crippen LogP contribution is 2.24. The molecule has 5 heteroatoms. The van der Waals surface area contributed by atoms with E-state index in [1.807, 2.05) is 18.2 Å². The highest BCUT2D eigenvalue weighted by atomic mass is 32.1. The van der Waals surface area contributed by atoms with Crippen LogP contribution in [0.2, 0.25) is 0 Å². The number of hydrogen-bond donors (Lipinski definition) is 2. The van der Waals surface area contributed by atoms with E-state index in [1.165, 1.54) is 29.0 Å². The van der Waals surface area contributed by atoms with Gasteiger partial charge >= 0.3 is 0 Å². The van der Waals surface area contributed by atoms with Crippen LogP contribution in [0.1, 0.15) is 36.2 Å². The first-order valence-corrected chi connectivity index (χ1v) is 11.6. The largest absolute Gasteiger partial charge is 0.372 e. The molecule has 1 amide bonds. The van der Waals surface area contributed by atoms with E-state index in [2.05, 4.69) is 76.4 Å². The molecule has 0 bridgehead atoms. The Morgan fingerprint density at radius 3 is 2.47 bits per heavy atom. The number of anilines is 2. The minimum Gasteiger partial charge on any atom is -0.372 e. The van der Waals surface area contributed by atoms with Crippen LogP contribution in [0.4, 0.5) is 11.4 Å². The molecule has 0 radical (unpaired) electrons. The van der Waals surface area contributed by atoms with Gasteiger partial charge in [-0.3, -0.25) is 4.79 Å². The van der Waals surface area contributed by atoms with Gasteiger partial charge in [-0.25, -0.2) is 0 Å². The van der Waals surface area contributed by atoms with Crippen molar-refractivity contribution >= 4 is 28.6 Å². The summed E-state index contributed by atoms with van der Waals surface area (Å²) >= 11 is 1.73. The van der Waals surface area contributed by atoms with Gasteiger partial charge in [-0.05, 0) is 54.5 Å². The van der Waals surface area contributed by atoms with Gasteiger partial charge in [0.1, 0.15) is 6.04 Å². The number of hydrogen-bond acceptors (Lipinski definition) is 3. The van der Waals surface area contributed by atoms with E-state index in [9.17, 15) is 4.79 Å². The van der Waals surface area contributed by atoms with Crippen molar-refractivity contribution in [1.82, 2.24) is 0 Å². The molecule has 1 saturated heterocycles. The zero-order valence-corrected chi connectivity index (χ0v) is 18.3. The summed E-state index contributed by atoms with van der Waals surface area (Å²) < 4.78 is 0. The zero-order chi connectivity index (χ0) is 20.8. The molecule has 1 aliphatic rings. The van der Waals surface area contributed by atoms with Crippen LogP contribution < -0.4 is 15.5 Å². The van der Waals surface area contributed by atoms with Crippen LogP contribution in [0.25, 0.3) is 0 Å². The van der Waals surface area contributed by atoms with Crippen LogP contribution in [0.15, 0.2) is 72.1 Å². The number of amides is 1. The Hall–Kier alpha value is -2.63. The van der Waals surface area contributed by atoms with Crippen molar-refractivity contribution < 1.29 is 10.1 Å². The Labute approximate surface area is 182 Å². The fourth-order valence-electron chi connectivity index (χ4n) is 4.00. The molecule has 0 spiro atoms. The predicted octanol–water partition coefficient (Wildman–Crippen LogP) is 4.28. The zero-order valence-electron chi connectivity index (χ0n) is 17.5. The molecule has 4 nitrogen and oxygen atoms in total. The molecule has 4 rings (SSSR count). The smallest absolute Gasteiger partial charge is 0.279 e. The van der Waals surface area contributed by atoms with Crippen molar-refractivity contribution in [2.45, 2.75) is 25.8 Å². The number of nitrogens with one attached hydrogen (secondary N) is 1. The summed E-state index contributed by atoms with van der Waals surface area (Å²) in [6.07, 6.45) is 2.50. The first-order chi connectivity index (χ1) is 14.7. The summed E-state index contributed by atoms with van der Waals surface area (Å²) in [6, 6.07) is 23.0. The van der Waals surface area contributed by atoms with Crippen LogP contribution in [-0.2, 0) is 4.79 Å². The fraction of sp³-hybridized carbons (Fsp3) is 0.320. The number of quaternary nitrogens is 1. The summed E-state index contributed by atoms with van der Waals surface area (Å²) in [7, 11) is 0. The van der Waals surface area contributed by atoms with Gasteiger partial charge in [0.05, 0.1) is 4.88 Å². The highest BCUT2D eigenvalue weighted by Gasteiger charge is 2.20. The van der Waals surface area contributed by atoms with Crippen molar-refractivity contribution in [3.63, 3.8) is 0 Å². The van der Waals surface area contributed by atoms with Gasteiger partial charge in [-0.2, -0.15) is 0 Å². The lowest BCUT2D eigenvalue weighted by atomic mass is 9.99. The van der Waals surface area contributed by atoms with Gasteiger partial charge < -0.3 is 15.5 Å². The molecular weight excluding hydrogens is 390 g/mol. The monoisotopic (exact) mass is 420 g/mol. The molecule has 1 aliphatic heterocycles. The van der Waals surface area contributed by atoms with E-state index in [4.69, 9.17) is 0 Å². The number of piperidine rings is 1. The third-order valence-electron chi connectivity index (χ3n) is 5.85. The maximum absolute atomic E-state index is 12.6. The number of carbonyl (C=O) groups excluding carboxylic acids is 1. The molecule has 3 aromatic rings. The van der Waals surface area contributed by atoms with E-state index in [0.29, 0.717) is 6.54 Å². The lowest BCUT2D eigenvalue weighted by Crippen LogP contribution is -2.87. The van der Waals surface area contributed by atoms with Crippen LogP contribution in [0, 0.1) is 5.92 Å². The number of rotatable bonds is 7.